The lowest BCUT2D eigenvalue weighted by atomic mass is 10.1. The Bertz CT molecular complexity index is 1090. The van der Waals surface area contributed by atoms with Crippen molar-refractivity contribution in [1.29, 1.82) is 0 Å². The van der Waals surface area contributed by atoms with E-state index in [9.17, 15) is 18.0 Å². The van der Waals surface area contributed by atoms with E-state index < -0.39 is 16.0 Å². The molecule has 9 heteroatoms. The first-order chi connectivity index (χ1) is 15.6. The predicted octanol–water partition coefficient (Wildman–Crippen LogP) is 3.52. The molecule has 2 aromatic rings. The molecule has 0 atom stereocenters. The van der Waals surface area contributed by atoms with Gasteiger partial charge in [-0.2, -0.15) is 4.31 Å². The van der Waals surface area contributed by atoms with Gasteiger partial charge in [-0.1, -0.05) is 17.7 Å². The number of benzene rings is 1. The Balaban J connectivity index is 2.44. The number of Topliss-reactive ketones (excluding diaryl/α,β-unsaturated/α-hetero) is 1. The fraction of sp³-hybridized carbons (Fsp3) is 0.500. The molecule has 0 unspecified atom stereocenters. The number of rotatable bonds is 12. The topological polar surface area (TPSA) is 94.9 Å². The third-order valence-corrected chi connectivity index (χ3v) is 7.48. The smallest absolute Gasteiger partial charge is 0.354 e. The van der Waals surface area contributed by atoms with Crippen LogP contribution in [-0.4, -0.2) is 62.5 Å². The van der Waals surface area contributed by atoms with E-state index >= 15 is 0 Å². The van der Waals surface area contributed by atoms with Crippen molar-refractivity contribution in [3.05, 3.63) is 52.3 Å². The highest BCUT2D eigenvalue weighted by atomic mass is 32.2. The number of ketones is 1. The number of methoxy groups -OCH3 is 1. The number of carbonyl (C=O) groups excluding carboxylic acids is 2. The SMILES string of the molecule is CCOCCCN(CC(=O)c1c(C)c(C(=O)OC)n(CC)c1C)S(=O)(=O)c1ccc(C)cc1. The molecule has 0 amide bonds. The minimum Gasteiger partial charge on any atom is -0.464 e. The Labute approximate surface area is 196 Å². The fourth-order valence-corrected chi connectivity index (χ4v) is 5.37. The molecule has 182 valence electrons. The molecule has 2 rings (SSSR count). The molecule has 0 aliphatic rings. The summed E-state index contributed by atoms with van der Waals surface area (Å²) in [5, 5.41) is 0. The molecule has 0 saturated carbocycles. The first-order valence-electron chi connectivity index (χ1n) is 11.1. The van der Waals surface area contributed by atoms with Gasteiger partial charge < -0.3 is 14.0 Å². The summed E-state index contributed by atoms with van der Waals surface area (Å²) in [6, 6.07) is 6.55. The standard InChI is InChI=1S/C24H34N2O6S/c1-7-26-19(5)22(18(4)23(26)24(28)31-6)21(27)16-25(14-9-15-32-8-2)33(29,30)20-12-10-17(3)11-13-20/h10-13H,7-9,14-16H2,1-6H3. The number of nitrogens with zero attached hydrogens (tertiary/aromatic N) is 2. The van der Waals surface area contributed by atoms with Gasteiger partial charge in [0.15, 0.2) is 5.78 Å². The van der Waals surface area contributed by atoms with Gasteiger partial charge in [-0.3, -0.25) is 4.79 Å². The van der Waals surface area contributed by atoms with Crippen molar-refractivity contribution in [2.24, 2.45) is 0 Å². The lowest BCUT2D eigenvalue weighted by Crippen LogP contribution is -2.37. The van der Waals surface area contributed by atoms with Gasteiger partial charge in [0, 0.05) is 37.6 Å². The molecule has 1 heterocycles. The van der Waals surface area contributed by atoms with Crippen molar-refractivity contribution in [1.82, 2.24) is 8.87 Å². The predicted molar refractivity (Wildman–Crippen MR) is 126 cm³/mol. The van der Waals surface area contributed by atoms with Crippen molar-refractivity contribution in [2.45, 2.75) is 52.5 Å². The third kappa shape index (κ3) is 5.90. The van der Waals surface area contributed by atoms with E-state index in [1.165, 1.54) is 11.4 Å². The maximum absolute atomic E-state index is 13.4. The zero-order chi connectivity index (χ0) is 24.8. The van der Waals surface area contributed by atoms with Crippen LogP contribution in [0.2, 0.25) is 0 Å². The second kappa shape index (κ2) is 11.6. The van der Waals surface area contributed by atoms with Gasteiger partial charge in [0.25, 0.3) is 0 Å². The molecular weight excluding hydrogens is 444 g/mol. The first kappa shape index (κ1) is 26.8. The lowest BCUT2D eigenvalue weighted by molar-refractivity contribution is 0.0587. The zero-order valence-corrected chi connectivity index (χ0v) is 21.1. The Morgan fingerprint density at radius 3 is 2.24 bits per heavy atom. The maximum atomic E-state index is 13.4. The number of aryl methyl sites for hydroxylation is 1. The van der Waals surface area contributed by atoms with Gasteiger partial charge in [0.05, 0.1) is 18.6 Å². The van der Waals surface area contributed by atoms with Gasteiger partial charge in [-0.25, -0.2) is 13.2 Å². The van der Waals surface area contributed by atoms with E-state index in [0.29, 0.717) is 48.7 Å². The Morgan fingerprint density at radius 1 is 1.06 bits per heavy atom. The molecule has 0 aliphatic heterocycles. The van der Waals surface area contributed by atoms with Crippen LogP contribution in [0, 0.1) is 20.8 Å². The summed E-state index contributed by atoms with van der Waals surface area (Å²) in [6.45, 7) is 10.3. The van der Waals surface area contributed by atoms with Crippen molar-refractivity contribution in [2.75, 3.05) is 33.4 Å². The number of ether oxygens (including phenoxy) is 2. The summed E-state index contributed by atoms with van der Waals surface area (Å²) < 4.78 is 39.9. The summed E-state index contributed by atoms with van der Waals surface area (Å²) in [7, 11) is -2.61. The first-order valence-corrected chi connectivity index (χ1v) is 12.5. The minimum absolute atomic E-state index is 0.132. The Hall–Kier alpha value is -2.49. The van der Waals surface area contributed by atoms with Crippen LogP contribution in [0.5, 0.6) is 0 Å². The highest BCUT2D eigenvalue weighted by molar-refractivity contribution is 7.89. The summed E-state index contributed by atoms with van der Waals surface area (Å²) >= 11 is 0. The zero-order valence-electron chi connectivity index (χ0n) is 20.3. The molecule has 0 N–H and O–H groups in total. The largest absolute Gasteiger partial charge is 0.464 e. The maximum Gasteiger partial charge on any atom is 0.354 e. The number of sulfonamides is 1. The summed E-state index contributed by atoms with van der Waals surface area (Å²) in [5.74, 6) is -0.896. The van der Waals surface area contributed by atoms with Gasteiger partial charge in [-0.05, 0) is 58.7 Å². The van der Waals surface area contributed by atoms with Crippen LogP contribution in [0.1, 0.15) is 57.9 Å². The van der Waals surface area contributed by atoms with Crippen LogP contribution < -0.4 is 0 Å². The molecule has 0 radical (unpaired) electrons. The van der Waals surface area contributed by atoms with E-state index in [-0.39, 0.29) is 23.8 Å². The Morgan fingerprint density at radius 2 is 1.70 bits per heavy atom. The van der Waals surface area contributed by atoms with E-state index in [0.717, 1.165) is 5.56 Å². The monoisotopic (exact) mass is 478 g/mol. The number of aromatic nitrogens is 1. The van der Waals surface area contributed by atoms with Crippen LogP contribution >= 0.6 is 0 Å². The van der Waals surface area contributed by atoms with Crippen LogP contribution in [0.3, 0.4) is 0 Å². The Kier molecular flexibility index (Phi) is 9.39. The van der Waals surface area contributed by atoms with Crippen molar-refractivity contribution < 1.29 is 27.5 Å². The van der Waals surface area contributed by atoms with Crippen molar-refractivity contribution in [3.8, 4) is 0 Å². The van der Waals surface area contributed by atoms with E-state index in [1.54, 1.807) is 42.7 Å². The van der Waals surface area contributed by atoms with E-state index in [1.807, 2.05) is 20.8 Å². The molecule has 8 nitrogen and oxygen atoms in total. The molecule has 0 fully saturated rings. The average Bonchev–Trinajstić information content (AvgIpc) is 3.04. The van der Waals surface area contributed by atoms with Gasteiger partial charge >= 0.3 is 5.97 Å². The van der Waals surface area contributed by atoms with Crippen LogP contribution in [0.4, 0.5) is 0 Å². The number of esters is 1. The van der Waals surface area contributed by atoms with Crippen LogP contribution in [-0.2, 0) is 26.0 Å². The second-order valence-corrected chi connectivity index (χ2v) is 9.73. The molecule has 0 aliphatic carbocycles. The molecule has 33 heavy (non-hydrogen) atoms. The number of carbonyl (C=O) groups is 2. The van der Waals surface area contributed by atoms with E-state index in [4.69, 9.17) is 9.47 Å². The highest BCUT2D eigenvalue weighted by Crippen LogP contribution is 2.25. The molecule has 1 aromatic heterocycles. The molecule has 0 spiro atoms. The van der Waals surface area contributed by atoms with E-state index in [2.05, 4.69) is 0 Å². The van der Waals surface area contributed by atoms with Gasteiger partial charge in [0.1, 0.15) is 5.69 Å². The number of hydrogen-bond donors (Lipinski definition) is 0. The number of hydrogen-bond acceptors (Lipinski definition) is 6. The molecule has 0 saturated heterocycles. The average molecular weight is 479 g/mol. The molecular formula is C24H34N2O6S. The molecule has 1 aromatic carbocycles. The van der Waals surface area contributed by atoms with Crippen LogP contribution in [0.25, 0.3) is 0 Å². The normalized spacial score (nSPS) is 11.7. The third-order valence-electron chi connectivity index (χ3n) is 5.62. The molecule has 0 bridgehead atoms. The summed E-state index contributed by atoms with van der Waals surface area (Å²) in [5.41, 5.74) is 2.71. The fourth-order valence-electron chi connectivity index (χ4n) is 3.93. The van der Waals surface area contributed by atoms with Gasteiger partial charge in [-0.15, -0.1) is 0 Å². The highest BCUT2D eigenvalue weighted by Gasteiger charge is 2.31. The summed E-state index contributed by atoms with van der Waals surface area (Å²) in [4.78, 5) is 25.9. The quantitative estimate of drug-likeness (QED) is 0.263. The van der Waals surface area contributed by atoms with Crippen LogP contribution in [0.15, 0.2) is 29.2 Å². The second-order valence-electron chi connectivity index (χ2n) is 7.80. The lowest BCUT2D eigenvalue weighted by Gasteiger charge is -2.22. The van der Waals surface area contributed by atoms with Crippen molar-refractivity contribution in [3.63, 3.8) is 0 Å². The minimum atomic E-state index is -3.91. The van der Waals surface area contributed by atoms with Crippen molar-refractivity contribution >= 4 is 21.8 Å². The van der Waals surface area contributed by atoms with Gasteiger partial charge in [0.2, 0.25) is 10.0 Å². The summed E-state index contributed by atoms with van der Waals surface area (Å²) in [6.07, 6.45) is 0.452.